The maximum Gasteiger partial charge on any atom is 0.220 e. The monoisotopic (exact) mass is 180 g/mol. The first-order valence-electron chi connectivity index (χ1n) is 4.99. The Morgan fingerprint density at radius 3 is 2.62 bits per heavy atom. The third-order valence-corrected chi connectivity index (χ3v) is 3.53. The van der Waals surface area contributed by atoms with Crippen molar-refractivity contribution in [3.8, 4) is 0 Å². The quantitative estimate of drug-likeness (QED) is 0.646. The van der Waals surface area contributed by atoms with E-state index in [9.17, 15) is 4.79 Å². The lowest BCUT2D eigenvalue weighted by Gasteiger charge is -2.35. The van der Waals surface area contributed by atoms with E-state index in [1.54, 1.807) is 0 Å². The fourth-order valence-corrected chi connectivity index (χ4v) is 2.46. The van der Waals surface area contributed by atoms with Gasteiger partial charge in [-0.15, -0.1) is 0 Å². The molecule has 0 aromatic carbocycles. The predicted octanol–water partition coefficient (Wildman–Crippen LogP) is 1.12. The zero-order valence-electron chi connectivity index (χ0n) is 7.83. The largest absolute Gasteiger partial charge is 0.369 e. The van der Waals surface area contributed by atoms with Gasteiger partial charge in [0.25, 0.3) is 0 Å². The highest BCUT2D eigenvalue weighted by Crippen LogP contribution is 2.43. The van der Waals surface area contributed by atoms with Gasteiger partial charge in [-0.2, -0.15) is 0 Å². The topological polar surface area (TPSA) is 55.5 Å². The van der Waals surface area contributed by atoms with E-state index >= 15 is 0 Å². The van der Waals surface area contributed by atoms with Gasteiger partial charge < -0.3 is 5.73 Å². The smallest absolute Gasteiger partial charge is 0.220 e. The van der Waals surface area contributed by atoms with Crippen LogP contribution in [0.25, 0.3) is 0 Å². The van der Waals surface area contributed by atoms with Gasteiger partial charge >= 0.3 is 0 Å². The summed E-state index contributed by atoms with van der Waals surface area (Å²) >= 11 is 0. The number of nitrogens with two attached hydrogens (primary N) is 1. The van der Waals surface area contributed by atoms with Gasteiger partial charge in [-0.25, -0.2) is 0 Å². The second-order valence-electron chi connectivity index (χ2n) is 4.40. The highest BCUT2D eigenvalue weighted by molar-refractivity contribution is 5.76. The van der Waals surface area contributed by atoms with E-state index in [0.717, 1.165) is 38.6 Å². The molecule has 2 aliphatic rings. The van der Waals surface area contributed by atoms with Crippen LogP contribution in [0.15, 0.2) is 4.99 Å². The summed E-state index contributed by atoms with van der Waals surface area (Å²) in [7, 11) is 0. The van der Waals surface area contributed by atoms with Gasteiger partial charge in [0.15, 0.2) is 0 Å². The van der Waals surface area contributed by atoms with E-state index in [4.69, 9.17) is 5.73 Å². The van der Waals surface area contributed by atoms with Crippen LogP contribution < -0.4 is 5.73 Å². The average Bonchev–Trinajstić information content (AvgIpc) is 2.54. The number of aliphatic imine (C=N–C) groups is 1. The van der Waals surface area contributed by atoms with E-state index in [1.165, 1.54) is 0 Å². The van der Waals surface area contributed by atoms with Crippen LogP contribution >= 0.6 is 0 Å². The van der Waals surface area contributed by atoms with Crippen LogP contribution in [-0.2, 0) is 4.79 Å². The third kappa shape index (κ3) is 1.60. The van der Waals surface area contributed by atoms with Crippen LogP contribution in [0, 0.1) is 11.3 Å². The van der Waals surface area contributed by atoms with Crippen LogP contribution in [0.2, 0.25) is 0 Å². The Morgan fingerprint density at radius 2 is 2.15 bits per heavy atom. The molecular weight excluding hydrogens is 164 g/mol. The maximum absolute atomic E-state index is 10.9. The first-order chi connectivity index (χ1) is 6.22. The number of rotatable bonds is 1. The van der Waals surface area contributed by atoms with Crippen molar-refractivity contribution < 1.29 is 4.79 Å². The lowest BCUT2D eigenvalue weighted by atomic mass is 9.69. The van der Waals surface area contributed by atoms with E-state index in [2.05, 4.69) is 4.99 Å². The van der Waals surface area contributed by atoms with Gasteiger partial charge in [0.1, 0.15) is 0 Å². The summed E-state index contributed by atoms with van der Waals surface area (Å²) in [6.45, 7) is 0.971. The van der Waals surface area contributed by atoms with Crippen molar-refractivity contribution in [2.24, 2.45) is 22.1 Å². The Balaban J connectivity index is 1.92. The molecule has 1 heterocycles. The Bertz CT molecular complexity index is 229. The Labute approximate surface area is 78.4 Å². The molecule has 1 amide bonds. The molecule has 0 saturated heterocycles. The number of primary amides is 1. The lowest BCUT2D eigenvalue weighted by molar-refractivity contribution is -0.123. The molecule has 0 bridgehead atoms. The second-order valence-corrected chi connectivity index (χ2v) is 4.40. The number of amides is 1. The standard InChI is InChI=1S/C10H16N2O/c11-9(13)8-1-3-10(4-2-8)5-6-12-7-10/h6,8H,1-5,7H2,(H2,11,13). The second kappa shape index (κ2) is 3.13. The van der Waals surface area contributed by atoms with Gasteiger partial charge in [0.05, 0.1) is 0 Å². The van der Waals surface area contributed by atoms with E-state index in [0.29, 0.717) is 5.41 Å². The molecule has 1 spiro atoms. The van der Waals surface area contributed by atoms with E-state index < -0.39 is 0 Å². The van der Waals surface area contributed by atoms with Crippen LogP contribution in [-0.4, -0.2) is 18.7 Å². The number of nitrogens with zero attached hydrogens (tertiary/aromatic N) is 1. The third-order valence-electron chi connectivity index (χ3n) is 3.53. The minimum atomic E-state index is -0.117. The summed E-state index contributed by atoms with van der Waals surface area (Å²) in [5, 5.41) is 0. The summed E-state index contributed by atoms with van der Waals surface area (Å²) in [5.74, 6) is 0.0139. The van der Waals surface area contributed by atoms with Gasteiger partial charge in [0, 0.05) is 12.5 Å². The van der Waals surface area contributed by atoms with Crippen LogP contribution in [0.4, 0.5) is 0 Å². The molecule has 2 N–H and O–H groups in total. The van der Waals surface area contributed by atoms with Crippen molar-refractivity contribution in [1.29, 1.82) is 0 Å². The van der Waals surface area contributed by atoms with Crippen LogP contribution in [0.3, 0.4) is 0 Å². The minimum absolute atomic E-state index is 0.117. The van der Waals surface area contributed by atoms with Gasteiger partial charge in [-0.1, -0.05) is 0 Å². The molecule has 0 radical (unpaired) electrons. The normalized spacial score (nSPS) is 38.3. The molecule has 3 heteroatoms. The van der Waals surface area contributed by atoms with Crippen LogP contribution in [0.1, 0.15) is 32.1 Å². The molecule has 0 unspecified atom stereocenters. The highest BCUT2D eigenvalue weighted by atomic mass is 16.1. The molecule has 1 aliphatic carbocycles. The fraction of sp³-hybridized carbons (Fsp3) is 0.800. The summed E-state index contributed by atoms with van der Waals surface area (Å²) in [5.41, 5.74) is 5.69. The van der Waals surface area contributed by atoms with E-state index in [1.807, 2.05) is 6.21 Å². The zero-order chi connectivity index (χ0) is 9.31. The molecule has 13 heavy (non-hydrogen) atoms. The van der Waals surface area contributed by atoms with Crippen molar-refractivity contribution in [3.63, 3.8) is 0 Å². The Hall–Kier alpha value is -0.860. The molecule has 0 aromatic rings. The van der Waals surface area contributed by atoms with Crippen molar-refractivity contribution in [1.82, 2.24) is 0 Å². The summed E-state index contributed by atoms with van der Waals surface area (Å²) in [6, 6.07) is 0. The first-order valence-corrected chi connectivity index (χ1v) is 4.99. The summed E-state index contributed by atoms with van der Waals surface area (Å²) in [6.07, 6.45) is 7.33. The van der Waals surface area contributed by atoms with Gasteiger partial charge in [-0.05, 0) is 43.7 Å². The number of hydrogen-bond donors (Lipinski definition) is 1. The molecular formula is C10H16N2O. The van der Waals surface area contributed by atoms with Crippen molar-refractivity contribution in [2.75, 3.05) is 6.54 Å². The molecule has 0 aromatic heterocycles. The maximum atomic E-state index is 10.9. The SMILES string of the molecule is NC(=O)C1CCC2(CC=NC2)CC1. The number of carbonyl (C=O) groups excluding carboxylic acids is 1. The van der Waals surface area contributed by atoms with E-state index in [-0.39, 0.29) is 11.8 Å². The summed E-state index contributed by atoms with van der Waals surface area (Å²) < 4.78 is 0. The van der Waals surface area contributed by atoms with Crippen molar-refractivity contribution in [2.45, 2.75) is 32.1 Å². The fourth-order valence-electron chi connectivity index (χ4n) is 2.46. The number of carbonyl (C=O) groups is 1. The molecule has 1 fully saturated rings. The number of hydrogen-bond acceptors (Lipinski definition) is 2. The predicted molar refractivity (Wildman–Crippen MR) is 51.6 cm³/mol. The Morgan fingerprint density at radius 1 is 1.46 bits per heavy atom. The molecule has 72 valence electrons. The summed E-state index contributed by atoms with van der Waals surface area (Å²) in [4.78, 5) is 15.2. The molecule has 3 nitrogen and oxygen atoms in total. The molecule has 0 atom stereocenters. The molecule has 2 rings (SSSR count). The average molecular weight is 180 g/mol. The highest BCUT2D eigenvalue weighted by Gasteiger charge is 2.37. The van der Waals surface area contributed by atoms with Gasteiger partial charge in [-0.3, -0.25) is 9.79 Å². The van der Waals surface area contributed by atoms with Crippen molar-refractivity contribution in [3.05, 3.63) is 0 Å². The lowest BCUT2D eigenvalue weighted by Crippen LogP contribution is -2.33. The van der Waals surface area contributed by atoms with Gasteiger partial charge in [0.2, 0.25) is 5.91 Å². The van der Waals surface area contributed by atoms with Crippen LogP contribution in [0.5, 0.6) is 0 Å². The zero-order valence-corrected chi connectivity index (χ0v) is 7.83. The Kier molecular flexibility index (Phi) is 2.10. The molecule has 1 saturated carbocycles. The first kappa shape index (κ1) is 8.73. The molecule has 1 aliphatic heterocycles. The minimum Gasteiger partial charge on any atom is -0.369 e. The van der Waals surface area contributed by atoms with Crippen molar-refractivity contribution >= 4 is 12.1 Å².